The third-order valence-electron chi connectivity index (χ3n) is 3.24. The van der Waals surface area contributed by atoms with E-state index in [0.29, 0.717) is 0 Å². The third kappa shape index (κ3) is 2.65. The maximum Gasteiger partial charge on any atom is 0.161 e. The Morgan fingerprint density at radius 3 is 2.70 bits per heavy atom. The Balaban J connectivity index is 1.97. The summed E-state index contributed by atoms with van der Waals surface area (Å²) in [4.78, 5) is 10.7. The van der Waals surface area contributed by atoms with Gasteiger partial charge in [0.05, 0.1) is 5.69 Å². The molecule has 0 saturated heterocycles. The molecular weight excluding hydrogens is 286 g/mol. The van der Waals surface area contributed by atoms with Gasteiger partial charge < -0.3 is 5.32 Å². The highest BCUT2D eigenvalue weighted by molar-refractivity contribution is 7.99. The summed E-state index contributed by atoms with van der Waals surface area (Å²) in [5.41, 5.74) is 3.53. The van der Waals surface area contributed by atoms with Crippen LogP contribution in [0, 0.1) is 0 Å². The largest absolute Gasteiger partial charge is 0.373 e. The van der Waals surface area contributed by atoms with E-state index in [1.165, 1.54) is 16.2 Å². The van der Waals surface area contributed by atoms with Crippen molar-refractivity contribution in [3.63, 3.8) is 0 Å². The fraction of sp³-hybridized carbons (Fsp3) is 0.333. The van der Waals surface area contributed by atoms with Gasteiger partial charge in [0.2, 0.25) is 0 Å². The summed E-state index contributed by atoms with van der Waals surface area (Å²) in [6, 6.07) is 8.52. The van der Waals surface area contributed by atoms with Crippen LogP contribution in [0.2, 0.25) is 0 Å². The number of hydrogen-bond donors (Lipinski definition) is 1. The van der Waals surface area contributed by atoms with Crippen molar-refractivity contribution < 1.29 is 0 Å². The van der Waals surface area contributed by atoms with Crippen LogP contribution in [0.4, 0.5) is 5.82 Å². The van der Waals surface area contributed by atoms with Crippen molar-refractivity contribution >= 4 is 29.3 Å². The first-order valence-corrected chi connectivity index (χ1v) is 8.84. The summed E-state index contributed by atoms with van der Waals surface area (Å²) >= 11 is 3.75. The van der Waals surface area contributed by atoms with Gasteiger partial charge in [-0.1, -0.05) is 19.1 Å². The maximum atomic E-state index is 4.73. The van der Waals surface area contributed by atoms with Gasteiger partial charge in [0.1, 0.15) is 5.82 Å². The van der Waals surface area contributed by atoms with Crippen LogP contribution in [-0.2, 0) is 11.5 Å². The standard InChI is InChI=1S/C15H17N3S2/c1-3-20-11-6-4-10(5-7-11)14-17-13-9-19-8-12(13)15(16-2)18-14/h4-7H,3,8-9H2,1-2H3,(H,16,17,18). The van der Waals surface area contributed by atoms with Gasteiger partial charge in [-0.25, -0.2) is 9.97 Å². The highest BCUT2D eigenvalue weighted by Crippen LogP contribution is 2.34. The zero-order valence-corrected chi connectivity index (χ0v) is 13.3. The van der Waals surface area contributed by atoms with Crippen LogP contribution >= 0.6 is 23.5 Å². The molecule has 1 aliphatic heterocycles. The minimum atomic E-state index is 0.823. The van der Waals surface area contributed by atoms with Gasteiger partial charge in [-0.05, 0) is 17.9 Å². The summed E-state index contributed by atoms with van der Waals surface area (Å²) in [6.45, 7) is 2.17. The van der Waals surface area contributed by atoms with E-state index in [4.69, 9.17) is 4.98 Å². The number of aromatic nitrogens is 2. The molecular formula is C15H17N3S2. The number of hydrogen-bond acceptors (Lipinski definition) is 5. The molecule has 1 aromatic heterocycles. The van der Waals surface area contributed by atoms with E-state index >= 15 is 0 Å². The van der Waals surface area contributed by atoms with Crippen LogP contribution < -0.4 is 5.32 Å². The molecule has 104 valence electrons. The monoisotopic (exact) mass is 303 g/mol. The average Bonchev–Trinajstić information content (AvgIpc) is 2.95. The molecule has 0 unspecified atom stereocenters. The van der Waals surface area contributed by atoms with Gasteiger partial charge in [-0.2, -0.15) is 11.8 Å². The minimum absolute atomic E-state index is 0.823. The van der Waals surface area contributed by atoms with Crippen molar-refractivity contribution in [2.45, 2.75) is 23.3 Å². The Bertz CT molecular complexity index is 611. The zero-order chi connectivity index (χ0) is 13.9. The van der Waals surface area contributed by atoms with Gasteiger partial charge in [0.15, 0.2) is 5.82 Å². The zero-order valence-electron chi connectivity index (χ0n) is 11.6. The van der Waals surface area contributed by atoms with Gasteiger partial charge >= 0.3 is 0 Å². The molecule has 0 atom stereocenters. The lowest BCUT2D eigenvalue weighted by Gasteiger charge is -2.09. The van der Waals surface area contributed by atoms with E-state index in [2.05, 4.69) is 41.5 Å². The molecule has 1 N–H and O–H groups in total. The SMILES string of the molecule is CCSc1ccc(-c2nc3c(c(NC)n2)CSC3)cc1. The smallest absolute Gasteiger partial charge is 0.161 e. The lowest BCUT2D eigenvalue weighted by molar-refractivity contribution is 1.07. The van der Waals surface area contributed by atoms with Crippen molar-refractivity contribution in [1.29, 1.82) is 0 Å². The summed E-state index contributed by atoms with van der Waals surface area (Å²) in [5, 5.41) is 3.20. The number of rotatable bonds is 4. The lowest BCUT2D eigenvalue weighted by atomic mass is 10.2. The highest BCUT2D eigenvalue weighted by Gasteiger charge is 2.19. The molecule has 0 fully saturated rings. The molecule has 0 aliphatic carbocycles. The molecule has 0 radical (unpaired) electrons. The number of benzene rings is 1. The molecule has 2 aromatic rings. The predicted molar refractivity (Wildman–Crippen MR) is 88.4 cm³/mol. The molecule has 5 heteroatoms. The van der Waals surface area contributed by atoms with E-state index in [1.54, 1.807) is 0 Å². The fourth-order valence-corrected chi connectivity index (χ4v) is 3.96. The molecule has 20 heavy (non-hydrogen) atoms. The predicted octanol–water partition coefficient (Wildman–Crippen LogP) is 4.04. The van der Waals surface area contributed by atoms with Crippen LogP contribution in [0.15, 0.2) is 29.2 Å². The Morgan fingerprint density at radius 1 is 1.20 bits per heavy atom. The Labute approximate surface area is 128 Å². The van der Waals surface area contributed by atoms with Crippen molar-refractivity contribution in [3.05, 3.63) is 35.5 Å². The fourth-order valence-electron chi connectivity index (χ4n) is 2.25. The molecule has 0 amide bonds. The first-order chi connectivity index (χ1) is 9.81. The van der Waals surface area contributed by atoms with Gasteiger partial charge in [0.25, 0.3) is 0 Å². The lowest BCUT2D eigenvalue weighted by Crippen LogP contribution is -2.03. The van der Waals surface area contributed by atoms with Gasteiger partial charge in [0, 0.05) is 34.6 Å². The Morgan fingerprint density at radius 2 is 2.00 bits per heavy atom. The molecule has 1 aromatic carbocycles. The van der Waals surface area contributed by atoms with E-state index in [-0.39, 0.29) is 0 Å². The molecule has 0 spiro atoms. The van der Waals surface area contributed by atoms with Crippen molar-refractivity contribution in [2.75, 3.05) is 18.1 Å². The molecule has 3 nitrogen and oxygen atoms in total. The van der Waals surface area contributed by atoms with E-state index < -0.39 is 0 Å². The molecule has 1 aliphatic rings. The molecule has 3 rings (SSSR count). The molecule has 0 saturated carbocycles. The van der Waals surface area contributed by atoms with Gasteiger partial charge in [-0.15, -0.1) is 11.8 Å². The quantitative estimate of drug-likeness (QED) is 0.863. The van der Waals surface area contributed by atoms with E-state index in [0.717, 1.165) is 34.5 Å². The number of nitrogens with zero attached hydrogens (tertiary/aromatic N) is 2. The van der Waals surface area contributed by atoms with Crippen molar-refractivity contribution in [3.8, 4) is 11.4 Å². The molecule has 0 bridgehead atoms. The van der Waals surface area contributed by atoms with Crippen molar-refractivity contribution in [2.24, 2.45) is 0 Å². The van der Waals surface area contributed by atoms with Crippen LogP contribution in [0.5, 0.6) is 0 Å². The second kappa shape index (κ2) is 6.06. The number of fused-ring (bicyclic) bond motifs is 1. The topological polar surface area (TPSA) is 37.8 Å². The number of nitrogens with one attached hydrogen (secondary N) is 1. The molecule has 2 heterocycles. The van der Waals surface area contributed by atoms with E-state index in [1.807, 2.05) is 30.6 Å². The van der Waals surface area contributed by atoms with Crippen LogP contribution in [0.1, 0.15) is 18.2 Å². The number of anilines is 1. The Hall–Kier alpha value is -1.20. The summed E-state index contributed by atoms with van der Waals surface area (Å²) < 4.78 is 0. The van der Waals surface area contributed by atoms with Crippen LogP contribution in [0.25, 0.3) is 11.4 Å². The first-order valence-electron chi connectivity index (χ1n) is 6.70. The average molecular weight is 303 g/mol. The first kappa shape index (κ1) is 13.8. The second-order valence-corrected chi connectivity index (χ2v) is 6.84. The normalized spacial score (nSPS) is 13.3. The van der Waals surface area contributed by atoms with Crippen LogP contribution in [-0.4, -0.2) is 22.8 Å². The summed E-state index contributed by atoms with van der Waals surface area (Å²) in [6.07, 6.45) is 0. The summed E-state index contributed by atoms with van der Waals surface area (Å²) in [5.74, 6) is 4.89. The van der Waals surface area contributed by atoms with E-state index in [9.17, 15) is 0 Å². The minimum Gasteiger partial charge on any atom is -0.373 e. The van der Waals surface area contributed by atoms with Crippen molar-refractivity contribution in [1.82, 2.24) is 9.97 Å². The van der Waals surface area contributed by atoms with Gasteiger partial charge in [-0.3, -0.25) is 0 Å². The highest BCUT2D eigenvalue weighted by atomic mass is 32.2. The maximum absolute atomic E-state index is 4.73. The number of thioether (sulfide) groups is 2. The Kier molecular flexibility index (Phi) is 4.17. The summed E-state index contributed by atoms with van der Waals surface area (Å²) in [7, 11) is 1.93. The van der Waals surface area contributed by atoms with Crippen LogP contribution in [0.3, 0.4) is 0 Å². The third-order valence-corrected chi connectivity index (χ3v) is 5.10. The second-order valence-electron chi connectivity index (χ2n) is 4.52.